The molecule has 0 spiro atoms. The van der Waals surface area contributed by atoms with Crippen LogP contribution in [-0.4, -0.2) is 26.0 Å². The Labute approximate surface area is 131 Å². The second-order valence-electron chi connectivity index (χ2n) is 5.84. The van der Waals surface area contributed by atoms with Crippen molar-refractivity contribution in [2.75, 3.05) is 18.5 Å². The molecule has 1 aliphatic rings. The maximum absolute atomic E-state index is 12.7. The first-order valence-electron chi connectivity index (χ1n) is 7.22. The zero-order chi connectivity index (χ0) is 15.7. The molecule has 0 radical (unpaired) electrons. The number of anilines is 1. The number of sulfonamides is 1. The molecule has 0 unspecified atom stereocenters. The Morgan fingerprint density at radius 3 is 2.48 bits per heavy atom. The average molecular weight is 329 g/mol. The fraction of sp³-hybridized carbons (Fsp3) is 0.600. The first-order chi connectivity index (χ1) is 9.81. The van der Waals surface area contributed by atoms with E-state index in [1.54, 1.807) is 37.7 Å². The van der Waals surface area contributed by atoms with Crippen LogP contribution in [0.3, 0.4) is 0 Å². The number of nitrogens with two attached hydrogens (primary N) is 1. The summed E-state index contributed by atoms with van der Waals surface area (Å²) < 4.78 is 28.2. The molecule has 21 heavy (non-hydrogen) atoms. The number of rotatable bonds is 5. The van der Waals surface area contributed by atoms with Gasteiger partial charge in [0.05, 0.1) is 4.90 Å². The lowest BCUT2D eigenvalue weighted by molar-refractivity contribution is 0.550. The Balaban J connectivity index is 2.25. The molecule has 1 aromatic carbocycles. The van der Waals surface area contributed by atoms with Crippen molar-refractivity contribution in [3.05, 3.63) is 23.3 Å². The first kappa shape index (κ1) is 16.6. The molecule has 0 heterocycles. The highest BCUT2D eigenvalue weighted by Crippen LogP contribution is 2.40. The van der Waals surface area contributed by atoms with Gasteiger partial charge in [0.25, 0.3) is 0 Å². The third-order valence-corrected chi connectivity index (χ3v) is 7.55. The van der Waals surface area contributed by atoms with Crippen LogP contribution in [0.4, 0.5) is 5.69 Å². The predicted molar refractivity (Wildman–Crippen MR) is 90.2 cm³/mol. The van der Waals surface area contributed by atoms with Crippen molar-refractivity contribution in [3.8, 4) is 0 Å². The zero-order valence-electron chi connectivity index (χ0n) is 12.9. The topological polar surface area (TPSA) is 72.2 Å². The third kappa shape index (κ3) is 3.38. The molecule has 0 bridgehead atoms. The van der Waals surface area contributed by atoms with Gasteiger partial charge in [-0.25, -0.2) is 13.1 Å². The molecule has 1 saturated carbocycles. The fourth-order valence-corrected chi connectivity index (χ4v) is 5.66. The van der Waals surface area contributed by atoms with E-state index >= 15 is 0 Å². The molecular formula is C15H24N2O2S2. The number of benzene rings is 1. The van der Waals surface area contributed by atoms with Crippen molar-refractivity contribution in [1.29, 1.82) is 0 Å². The van der Waals surface area contributed by atoms with Gasteiger partial charge in [-0.15, -0.1) is 0 Å². The molecule has 0 atom stereocenters. The number of thioether (sulfide) groups is 1. The van der Waals surface area contributed by atoms with Crippen LogP contribution in [0.1, 0.15) is 36.8 Å². The summed E-state index contributed by atoms with van der Waals surface area (Å²) in [4.78, 5) is 0.330. The van der Waals surface area contributed by atoms with E-state index in [0.29, 0.717) is 22.7 Å². The summed E-state index contributed by atoms with van der Waals surface area (Å²) in [5.41, 5.74) is 7.74. The molecule has 6 heteroatoms. The van der Waals surface area contributed by atoms with Crippen LogP contribution in [0.2, 0.25) is 0 Å². The number of aryl methyl sites for hydroxylation is 1. The monoisotopic (exact) mass is 328 g/mol. The lowest BCUT2D eigenvalue weighted by Crippen LogP contribution is -2.38. The minimum absolute atomic E-state index is 0.0508. The number of nitrogen functional groups attached to an aromatic ring is 1. The Morgan fingerprint density at radius 1 is 1.29 bits per heavy atom. The molecule has 3 N–H and O–H groups in total. The second kappa shape index (κ2) is 6.18. The Hall–Kier alpha value is -0.720. The van der Waals surface area contributed by atoms with Crippen LogP contribution in [0.25, 0.3) is 0 Å². The number of hydrogen-bond donors (Lipinski definition) is 2. The Bertz CT molecular complexity index is 621. The average Bonchev–Trinajstić information content (AvgIpc) is 2.91. The summed E-state index contributed by atoms with van der Waals surface area (Å²) in [6.07, 6.45) is 6.58. The molecule has 118 valence electrons. The highest BCUT2D eigenvalue weighted by Gasteiger charge is 2.34. The van der Waals surface area contributed by atoms with Gasteiger partial charge < -0.3 is 5.73 Å². The third-order valence-electron chi connectivity index (χ3n) is 4.45. The van der Waals surface area contributed by atoms with E-state index in [2.05, 4.69) is 11.0 Å². The van der Waals surface area contributed by atoms with Gasteiger partial charge in [0.2, 0.25) is 10.0 Å². The quantitative estimate of drug-likeness (QED) is 0.815. The summed E-state index contributed by atoms with van der Waals surface area (Å²) in [5.74, 6) is 0. The van der Waals surface area contributed by atoms with E-state index in [0.717, 1.165) is 18.4 Å². The van der Waals surface area contributed by atoms with E-state index in [-0.39, 0.29) is 4.75 Å². The Morgan fingerprint density at radius 2 is 1.90 bits per heavy atom. The minimum atomic E-state index is -3.52. The molecule has 1 aliphatic carbocycles. The molecule has 4 nitrogen and oxygen atoms in total. The molecule has 1 fully saturated rings. The van der Waals surface area contributed by atoms with Gasteiger partial charge in [0.15, 0.2) is 0 Å². The summed E-state index contributed by atoms with van der Waals surface area (Å²) in [7, 11) is -3.52. The van der Waals surface area contributed by atoms with Gasteiger partial charge >= 0.3 is 0 Å². The van der Waals surface area contributed by atoms with E-state index in [1.165, 1.54) is 12.8 Å². The largest absolute Gasteiger partial charge is 0.398 e. The van der Waals surface area contributed by atoms with Crippen LogP contribution in [-0.2, 0) is 10.0 Å². The van der Waals surface area contributed by atoms with Crippen LogP contribution in [0.5, 0.6) is 0 Å². The normalized spacial score (nSPS) is 18.0. The van der Waals surface area contributed by atoms with E-state index in [1.807, 2.05) is 0 Å². The smallest absolute Gasteiger partial charge is 0.241 e. The zero-order valence-corrected chi connectivity index (χ0v) is 14.5. The number of hydrogen-bond acceptors (Lipinski definition) is 4. The van der Waals surface area contributed by atoms with Gasteiger partial charge in [0.1, 0.15) is 0 Å². The van der Waals surface area contributed by atoms with Gasteiger partial charge in [-0.05, 0) is 50.1 Å². The summed E-state index contributed by atoms with van der Waals surface area (Å²) >= 11 is 1.78. The highest BCUT2D eigenvalue weighted by molar-refractivity contribution is 8.00. The highest BCUT2D eigenvalue weighted by atomic mass is 32.2. The standard InChI is InChI=1S/C15H24N2O2S2/c1-11-6-7-13(16)12(2)14(11)21(18,19)17-10-15(20-3)8-4-5-9-15/h6-7,17H,4-5,8-10,16H2,1-3H3. The van der Waals surface area contributed by atoms with E-state index in [4.69, 9.17) is 5.73 Å². The van der Waals surface area contributed by atoms with E-state index in [9.17, 15) is 8.42 Å². The summed E-state index contributed by atoms with van der Waals surface area (Å²) in [5, 5.41) is 0. The van der Waals surface area contributed by atoms with Gasteiger partial charge in [0, 0.05) is 17.0 Å². The maximum atomic E-state index is 12.7. The summed E-state index contributed by atoms with van der Waals surface area (Å²) in [6, 6.07) is 3.51. The van der Waals surface area contributed by atoms with Gasteiger partial charge in [-0.2, -0.15) is 11.8 Å². The fourth-order valence-electron chi connectivity index (χ4n) is 3.03. The van der Waals surface area contributed by atoms with Crippen LogP contribution >= 0.6 is 11.8 Å². The minimum Gasteiger partial charge on any atom is -0.398 e. The van der Waals surface area contributed by atoms with Crippen LogP contribution < -0.4 is 10.5 Å². The van der Waals surface area contributed by atoms with Crippen LogP contribution in [0.15, 0.2) is 17.0 Å². The molecule has 0 aliphatic heterocycles. The van der Waals surface area contributed by atoms with Gasteiger partial charge in [-0.1, -0.05) is 18.9 Å². The molecular weight excluding hydrogens is 304 g/mol. The lowest BCUT2D eigenvalue weighted by atomic mass is 10.1. The van der Waals surface area contributed by atoms with Crippen LogP contribution in [0, 0.1) is 13.8 Å². The van der Waals surface area contributed by atoms with Crippen molar-refractivity contribution in [2.24, 2.45) is 0 Å². The summed E-state index contributed by atoms with van der Waals surface area (Å²) in [6.45, 7) is 4.06. The van der Waals surface area contributed by atoms with Crippen molar-refractivity contribution in [3.63, 3.8) is 0 Å². The molecule has 2 rings (SSSR count). The molecule has 0 saturated heterocycles. The molecule has 0 amide bonds. The molecule has 0 aromatic heterocycles. The first-order valence-corrected chi connectivity index (χ1v) is 9.93. The van der Waals surface area contributed by atoms with E-state index < -0.39 is 10.0 Å². The maximum Gasteiger partial charge on any atom is 0.241 e. The van der Waals surface area contributed by atoms with Crippen molar-refractivity contribution in [1.82, 2.24) is 4.72 Å². The SMILES string of the molecule is CSC1(CNS(=O)(=O)c2c(C)ccc(N)c2C)CCCC1. The van der Waals surface area contributed by atoms with Crippen molar-refractivity contribution >= 4 is 27.5 Å². The lowest BCUT2D eigenvalue weighted by Gasteiger charge is -2.27. The van der Waals surface area contributed by atoms with Crippen molar-refractivity contribution < 1.29 is 8.42 Å². The Kier molecular flexibility index (Phi) is 4.90. The van der Waals surface area contributed by atoms with Crippen molar-refractivity contribution in [2.45, 2.75) is 49.2 Å². The number of nitrogens with one attached hydrogen (secondary N) is 1. The predicted octanol–water partition coefficient (Wildman–Crippen LogP) is 2.84. The second-order valence-corrected chi connectivity index (χ2v) is 8.82. The molecule has 1 aromatic rings. The van der Waals surface area contributed by atoms with Gasteiger partial charge in [-0.3, -0.25) is 0 Å².